The fourth-order valence-electron chi connectivity index (χ4n) is 2.50. The molecule has 0 aliphatic heterocycles. The third kappa shape index (κ3) is 2.63. The van der Waals surface area contributed by atoms with Crippen LogP contribution in [0.3, 0.4) is 0 Å². The first-order chi connectivity index (χ1) is 10.5. The average Bonchev–Trinajstić information content (AvgIpc) is 2.49. The number of hydrogen-bond donors (Lipinski definition) is 1. The maximum atomic E-state index is 11.4. The number of pyridine rings is 1. The quantitative estimate of drug-likeness (QED) is 0.805. The molecule has 0 amide bonds. The number of nitrogens with one attached hydrogen (secondary N) is 1. The Morgan fingerprint density at radius 1 is 1.09 bits per heavy atom. The monoisotopic (exact) mass is 291 g/mol. The van der Waals surface area contributed by atoms with Gasteiger partial charge in [0, 0.05) is 16.6 Å². The van der Waals surface area contributed by atoms with E-state index in [-0.39, 0.29) is 5.56 Å². The van der Waals surface area contributed by atoms with Gasteiger partial charge in [-0.2, -0.15) is 0 Å². The Morgan fingerprint density at radius 3 is 2.59 bits per heavy atom. The number of benzene rings is 2. The molecule has 4 heteroatoms. The van der Waals surface area contributed by atoms with Crippen LogP contribution in [0.5, 0.6) is 0 Å². The summed E-state index contributed by atoms with van der Waals surface area (Å²) in [5, 5.41) is 15.1. The fraction of sp³-hybridized carbons (Fsp3) is 0.111. The van der Waals surface area contributed by atoms with Gasteiger partial charge in [0.15, 0.2) is 0 Å². The van der Waals surface area contributed by atoms with Crippen LogP contribution in [-0.4, -0.2) is 11.0 Å². The van der Waals surface area contributed by atoms with Crippen molar-refractivity contribution in [3.05, 3.63) is 65.2 Å². The molecule has 0 aliphatic carbocycles. The lowest BCUT2D eigenvalue weighted by atomic mass is 10.1. The molecule has 1 aromatic heterocycles. The van der Waals surface area contributed by atoms with Crippen LogP contribution in [-0.2, 0) is 0 Å². The van der Waals surface area contributed by atoms with Crippen LogP contribution in [0, 0.1) is 13.8 Å². The topological polar surface area (TPSA) is 65.0 Å². The van der Waals surface area contributed by atoms with Crippen molar-refractivity contribution in [3.63, 3.8) is 0 Å². The molecule has 110 valence electrons. The van der Waals surface area contributed by atoms with E-state index in [1.807, 2.05) is 32.0 Å². The van der Waals surface area contributed by atoms with Gasteiger partial charge in [0.25, 0.3) is 0 Å². The molecule has 0 fully saturated rings. The summed E-state index contributed by atoms with van der Waals surface area (Å²) in [6, 6.07) is 14.7. The van der Waals surface area contributed by atoms with Gasteiger partial charge in [0.2, 0.25) is 0 Å². The average molecular weight is 291 g/mol. The number of aromatic nitrogens is 1. The summed E-state index contributed by atoms with van der Waals surface area (Å²) < 4.78 is 0. The lowest BCUT2D eigenvalue weighted by Gasteiger charge is -2.13. The highest BCUT2D eigenvalue weighted by Crippen LogP contribution is 2.24. The predicted octanol–water partition coefficient (Wildman–Crippen LogP) is 2.96. The van der Waals surface area contributed by atoms with Crippen molar-refractivity contribution in [2.75, 3.05) is 5.32 Å². The Morgan fingerprint density at radius 2 is 1.86 bits per heavy atom. The molecule has 0 bridgehead atoms. The molecule has 0 unspecified atom stereocenters. The lowest BCUT2D eigenvalue weighted by Crippen LogP contribution is -2.22. The van der Waals surface area contributed by atoms with Crippen molar-refractivity contribution in [2.24, 2.45) is 0 Å². The van der Waals surface area contributed by atoms with Crippen LogP contribution in [0.1, 0.15) is 21.5 Å². The minimum Gasteiger partial charge on any atom is -0.545 e. The number of fused-ring (bicyclic) bond motifs is 1. The van der Waals surface area contributed by atoms with Gasteiger partial charge in [0.05, 0.1) is 11.5 Å². The number of aromatic carboxylic acids is 1. The summed E-state index contributed by atoms with van der Waals surface area (Å²) in [4.78, 5) is 15.8. The number of carboxylic acid groups (broad SMARTS) is 1. The summed E-state index contributed by atoms with van der Waals surface area (Å²) in [6.45, 7) is 4.02. The highest BCUT2D eigenvalue weighted by atomic mass is 16.4. The normalized spacial score (nSPS) is 10.6. The number of rotatable bonds is 3. The Balaban J connectivity index is 2.09. The van der Waals surface area contributed by atoms with Crippen molar-refractivity contribution in [3.8, 4) is 0 Å². The van der Waals surface area contributed by atoms with E-state index in [1.165, 1.54) is 11.6 Å². The molecule has 4 nitrogen and oxygen atoms in total. The van der Waals surface area contributed by atoms with Gasteiger partial charge in [0.1, 0.15) is 5.82 Å². The zero-order chi connectivity index (χ0) is 15.7. The second-order valence-corrected chi connectivity index (χ2v) is 5.30. The van der Waals surface area contributed by atoms with E-state index >= 15 is 0 Å². The second kappa shape index (κ2) is 5.48. The Hall–Kier alpha value is -2.88. The number of carbonyl (C=O) groups is 1. The zero-order valence-electron chi connectivity index (χ0n) is 12.4. The number of anilines is 2. The summed E-state index contributed by atoms with van der Waals surface area (Å²) in [6.07, 6.45) is 0. The Kier molecular flexibility index (Phi) is 3.51. The number of hydrogen-bond acceptors (Lipinski definition) is 4. The predicted molar refractivity (Wildman–Crippen MR) is 85.3 cm³/mol. The van der Waals surface area contributed by atoms with Crippen molar-refractivity contribution in [1.29, 1.82) is 0 Å². The molecule has 0 aliphatic rings. The first-order valence-corrected chi connectivity index (χ1v) is 7.00. The molecule has 22 heavy (non-hydrogen) atoms. The number of aryl methyl sites for hydroxylation is 2. The smallest absolute Gasteiger partial charge is 0.131 e. The van der Waals surface area contributed by atoms with E-state index in [0.29, 0.717) is 16.7 Å². The molecular formula is C18H15N2O2-. The number of nitrogens with zero attached hydrogens (tertiary/aromatic N) is 1. The second-order valence-electron chi connectivity index (χ2n) is 5.30. The molecule has 0 saturated heterocycles. The Labute approximate surface area is 128 Å². The van der Waals surface area contributed by atoms with E-state index in [4.69, 9.17) is 0 Å². The molecule has 0 spiro atoms. The summed E-state index contributed by atoms with van der Waals surface area (Å²) in [5.74, 6) is -0.716. The van der Waals surface area contributed by atoms with Gasteiger partial charge in [-0.05, 0) is 37.6 Å². The maximum absolute atomic E-state index is 11.4. The minimum atomic E-state index is -1.21. The molecule has 0 saturated carbocycles. The fourth-order valence-corrected chi connectivity index (χ4v) is 2.50. The van der Waals surface area contributed by atoms with Crippen LogP contribution in [0.2, 0.25) is 0 Å². The van der Waals surface area contributed by atoms with Crippen LogP contribution in [0.25, 0.3) is 10.9 Å². The molecule has 1 heterocycles. The number of carbonyl (C=O) groups excluding carboxylic acids is 1. The third-order valence-corrected chi connectivity index (χ3v) is 3.58. The largest absolute Gasteiger partial charge is 0.545 e. The lowest BCUT2D eigenvalue weighted by molar-refractivity contribution is -0.254. The minimum absolute atomic E-state index is 0.137. The summed E-state index contributed by atoms with van der Waals surface area (Å²) >= 11 is 0. The summed E-state index contributed by atoms with van der Waals surface area (Å²) in [7, 11) is 0. The van der Waals surface area contributed by atoms with Crippen molar-refractivity contribution >= 4 is 28.4 Å². The van der Waals surface area contributed by atoms with Gasteiger partial charge in [-0.15, -0.1) is 0 Å². The van der Waals surface area contributed by atoms with E-state index < -0.39 is 5.97 Å². The Bertz CT molecular complexity index is 872. The molecule has 0 atom stereocenters. The highest BCUT2D eigenvalue weighted by molar-refractivity contribution is 6.02. The molecule has 1 N–H and O–H groups in total. The molecule has 3 rings (SSSR count). The first kappa shape index (κ1) is 14.1. The van der Waals surface area contributed by atoms with Crippen LogP contribution < -0.4 is 10.4 Å². The van der Waals surface area contributed by atoms with E-state index in [2.05, 4.69) is 16.4 Å². The molecule has 0 radical (unpaired) electrons. The van der Waals surface area contributed by atoms with Crippen LogP contribution in [0.15, 0.2) is 48.5 Å². The standard InChI is InChI=1S/C18H16N2O2/c1-11-7-8-15(12(2)9-11)19-17-10-14(18(21)22)13-5-3-4-6-16(13)20-17/h3-10H,1-2H3,(H,19,20)(H,21,22)/p-1. The van der Waals surface area contributed by atoms with Crippen LogP contribution >= 0.6 is 0 Å². The van der Waals surface area contributed by atoms with E-state index in [9.17, 15) is 9.90 Å². The van der Waals surface area contributed by atoms with E-state index in [1.54, 1.807) is 18.2 Å². The van der Waals surface area contributed by atoms with Crippen molar-refractivity contribution in [2.45, 2.75) is 13.8 Å². The highest BCUT2D eigenvalue weighted by Gasteiger charge is 2.07. The van der Waals surface area contributed by atoms with Gasteiger partial charge >= 0.3 is 0 Å². The molecular weight excluding hydrogens is 276 g/mol. The van der Waals surface area contributed by atoms with Crippen molar-refractivity contribution < 1.29 is 9.90 Å². The molecule has 3 aromatic rings. The number of para-hydroxylation sites is 1. The third-order valence-electron chi connectivity index (χ3n) is 3.58. The van der Waals surface area contributed by atoms with E-state index in [0.717, 1.165) is 11.3 Å². The van der Waals surface area contributed by atoms with Gasteiger partial charge in [-0.1, -0.05) is 35.9 Å². The van der Waals surface area contributed by atoms with Gasteiger partial charge in [-0.25, -0.2) is 4.98 Å². The van der Waals surface area contributed by atoms with Crippen molar-refractivity contribution in [1.82, 2.24) is 4.98 Å². The maximum Gasteiger partial charge on any atom is 0.131 e. The zero-order valence-corrected chi connectivity index (χ0v) is 12.4. The van der Waals surface area contributed by atoms with Crippen LogP contribution in [0.4, 0.5) is 11.5 Å². The SMILES string of the molecule is Cc1ccc(Nc2cc(C(=O)[O-])c3ccccc3n2)c(C)c1. The molecule has 2 aromatic carbocycles. The van der Waals surface area contributed by atoms with Gasteiger partial charge in [-0.3, -0.25) is 0 Å². The first-order valence-electron chi connectivity index (χ1n) is 7.00. The summed E-state index contributed by atoms with van der Waals surface area (Å²) in [5.41, 5.74) is 3.90. The number of carboxylic acids is 1. The van der Waals surface area contributed by atoms with Gasteiger partial charge < -0.3 is 15.2 Å².